The van der Waals surface area contributed by atoms with Crippen molar-refractivity contribution in [2.24, 2.45) is 17.1 Å². The molecule has 1 aliphatic rings. The summed E-state index contributed by atoms with van der Waals surface area (Å²) >= 11 is 12.3. The Morgan fingerprint density at radius 3 is 2.55 bits per heavy atom. The Kier molecular flexibility index (Phi) is 5.01. The molecule has 2 atom stereocenters. The topological polar surface area (TPSA) is 29.3 Å². The van der Waals surface area contributed by atoms with Gasteiger partial charge in [-0.05, 0) is 42.0 Å². The van der Waals surface area contributed by atoms with Crippen LogP contribution in [0.3, 0.4) is 0 Å². The van der Waals surface area contributed by atoms with Gasteiger partial charge in [-0.25, -0.2) is 0 Å². The molecular formula is C16H24Cl2N2. The second kappa shape index (κ2) is 6.23. The van der Waals surface area contributed by atoms with Crippen LogP contribution in [-0.4, -0.2) is 24.5 Å². The third kappa shape index (κ3) is 3.48. The Morgan fingerprint density at radius 1 is 1.35 bits per heavy atom. The first-order chi connectivity index (χ1) is 9.32. The van der Waals surface area contributed by atoms with E-state index in [1.165, 1.54) is 6.42 Å². The van der Waals surface area contributed by atoms with Gasteiger partial charge < -0.3 is 5.73 Å². The molecule has 1 heterocycles. The van der Waals surface area contributed by atoms with Gasteiger partial charge in [0.2, 0.25) is 0 Å². The third-order valence-electron chi connectivity index (χ3n) is 4.43. The summed E-state index contributed by atoms with van der Waals surface area (Å²) in [6.45, 7) is 9.70. The normalized spacial score (nSPS) is 22.2. The minimum absolute atomic E-state index is 0.187. The molecule has 0 aromatic heterocycles. The van der Waals surface area contributed by atoms with Crippen LogP contribution in [0.2, 0.25) is 10.0 Å². The molecular weight excluding hydrogens is 291 g/mol. The molecule has 4 heteroatoms. The summed E-state index contributed by atoms with van der Waals surface area (Å²) < 4.78 is 0. The van der Waals surface area contributed by atoms with E-state index in [0.29, 0.717) is 27.9 Å². The van der Waals surface area contributed by atoms with Crippen molar-refractivity contribution in [2.45, 2.75) is 33.2 Å². The lowest BCUT2D eigenvalue weighted by Crippen LogP contribution is -2.33. The number of likely N-dealkylation sites (tertiary alicyclic amines) is 1. The predicted octanol–water partition coefficient (Wildman–Crippen LogP) is 4.36. The molecule has 1 fully saturated rings. The van der Waals surface area contributed by atoms with E-state index < -0.39 is 0 Å². The second-order valence-corrected chi connectivity index (χ2v) is 7.61. The average molecular weight is 315 g/mol. The monoisotopic (exact) mass is 314 g/mol. The zero-order chi connectivity index (χ0) is 14.9. The van der Waals surface area contributed by atoms with Crippen LogP contribution in [0.25, 0.3) is 0 Å². The van der Waals surface area contributed by atoms with Gasteiger partial charge in [-0.2, -0.15) is 0 Å². The lowest BCUT2D eigenvalue weighted by Gasteiger charge is -2.31. The summed E-state index contributed by atoms with van der Waals surface area (Å²) in [6.07, 6.45) is 1.23. The van der Waals surface area contributed by atoms with Crippen molar-refractivity contribution < 1.29 is 0 Å². The van der Waals surface area contributed by atoms with Crippen LogP contribution >= 0.6 is 23.2 Å². The SMILES string of the molecule is CC(C)(C)C1CCN(C(CN)c2ccc(Cl)cc2Cl)C1. The minimum Gasteiger partial charge on any atom is -0.329 e. The zero-order valence-corrected chi connectivity index (χ0v) is 14.0. The quantitative estimate of drug-likeness (QED) is 0.898. The Morgan fingerprint density at radius 2 is 2.05 bits per heavy atom. The molecule has 0 bridgehead atoms. The van der Waals surface area contributed by atoms with Gasteiger partial charge in [0, 0.05) is 29.2 Å². The lowest BCUT2D eigenvalue weighted by atomic mass is 9.80. The van der Waals surface area contributed by atoms with Crippen LogP contribution in [0.15, 0.2) is 18.2 Å². The van der Waals surface area contributed by atoms with E-state index in [4.69, 9.17) is 28.9 Å². The molecule has 1 aliphatic heterocycles. The number of nitrogens with zero attached hydrogens (tertiary/aromatic N) is 1. The maximum Gasteiger partial charge on any atom is 0.0485 e. The predicted molar refractivity (Wildman–Crippen MR) is 87.4 cm³/mol. The first-order valence-electron chi connectivity index (χ1n) is 7.22. The summed E-state index contributed by atoms with van der Waals surface area (Å²) in [5, 5.41) is 1.38. The number of hydrogen-bond acceptors (Lipinski definition) is 2. The molecule has 1 saturated heterocycles. The van der Waals surface area contributed by atoms with E-state index >= 15 is 0 Å². The standard InChI is InChI=1S/C16H24Cl2N2/c1-16(2,3)11-6-7-20(10-11)15(9-19)13-5-4-12(17)8-14(13)18/h4-5,8,11,15H,6-7,9-10,19H2,1-3H3. The molecule has 0 aliphatic carbocycles. The maximum atomic E-state index is 6.34. The van der Waals surface area contributed by atoms with Gasteiger partial charge in [-0.1, -0.05) is 50.0 Å². The van der Waals surface area contributed by atoms with Crippen molar-refractivity contribution in [2.75, 3.05) is 19.6 Å². The Labute approximate surface area is 132 Å². The van der Waals surface area contributed by atoms with Crippen molar-refractivity contribution in [3.8, 4) is 0 Å². The molecule has 20 heavy (non-hydrogen) atoms. The highest BCUT2D eigenvalue weighted by molar-refractivity contribution is 6.35. The summed E-state index contributed by atoms with van der Waals surface area (Å²) in [4.78, 5) is 2.46. The van der Waals surface area contributed by atoms with E-state index in [9.17, 15) is 0 Å². The molecule has 1 aromatic carbocycles. The van der Waals surface area contributed by atoms with Gasteiger partial charge in [0.15, 0.2) is 0 Å². The van der Waals surface area contributed by atoms with Gasteiger partial charge >= 0.3 is 0 Å². The molecule has 0 amide bonds. The average Bonchev–Trinajstić information content (AvgIpc) is 2.82. The summed E-state index contributed by atoms with van der Waals surface area (Å²) in [6, 6.07) is 5.89. The van der Waals surface area contributed by atoms with Crippen LogP contribution in [0.1, 0.15) is 38.8 Å². The number of nitrogens with two attached hydrogens (primary N) is 1. The van der Waals surface area contributed by atoms with Crippen LogP contribution in [0.4, 0.5) is 0 Å². The van der Waals surface area contributed by atoms with Gasteiger partial charge in [-0.15, -0.1) is 0 Å². The molecule has 2 nitrogen and oxygen atoms in total. The van der Waals surface area contributed by atoms with E-state index in [-0.39, 0.29) is 6.04 Å². The van der Waals surface area contributed by atoms with Crippen molar-refractivity contribution in [3.63, 3.8) is 0 Å². The van der Waals surface area contributed by atoms with Crippen molar-refractivity contribution >= 4 is 23.2 Å². The number of halogens is 2. The van der Waals surface area contributed by atoms with Crippen LogP contribution in [-0.2, 0) is 0 Å². The van der Waals surface area contributed by atoms with E-state index in [2.05, 4.69) is 25.7 Å². The summed E-state index contributed by atoms with van der Waals surface area (Å²) in [7, 11) is 0. The van der Waals surface area contributed by atoms with Crippen LogP contribution < -0.4 is 5.73 Å². The fourth-order valence-electron chi connectivity index (χ4n) is 3.02. The van der Waals surface area contributed by atoms with Gasteiger partial charge in [0.25, 0.3) is 0 Å². The van der Waals surface area contributed by atoms with Crippen LogP contribution in [0.5, 0.6) is 0 Å². The smallest absolute Gasteiger partial charge is 0.0485 e. The number of rotatable bonds is 3. The molecule has 0 saturated carbocycles. The van der Waals surface area contributed by atoms with Gasteiger partial charge in [0.1, 0.15) is 0 Å². The van der Waals surface area contributed by atoms with Crippen molar-refractivity contribution in [1.29, 1.82) is 0 Å². The molecule has 112 valence electrons. The molecule has 1 aromatic rings. The third-order valence-corrected chi connectivity index (χ3v) is 4.99. The molecule has 2 unspecified atom stereocenters. The highest BCUT2D eigenvalue weighted by atomic mass is 35.5. The Balaban J connectivity index is 2.17. The van der Waals surface area contributed by atoms with Crippen LogP contribution in [0, 0.1) is 11.3 Å². The summed E-state index contributed by atoms with van der Waals surface area (Å²) in [5.41, 5.74) is 7.45. The van der Waals surface area contributed by atoms with E-state index in [0.717, 1.165) is 18.7 Å². The molecule has 0 spiro atoms. The van der Waals surface area contributed by atoms with Gasteiger partial charge in [0.05, 0.1) is 0 Å². The minimum atomic E-state index is 0.187. The fraction of sp³-hybridized carbons (Fsp3) is 0.625. The Bertz CT molecular complexity index is 468. The largest absolute Gasteiger partial charge is 0.329 e. The first-order valence-corrected chi connectivity index (χ1v) is 7.97. The van der Waals surface area contributed by atoms with Crippen molar-refractivity contribution in [3.05, 3.63) is 33.8 Å². The highest BCUT2D eigenvalue weighted by Gasteiger charge is 2.35. The highest BCUT2D eigenvalue weighted by Crippen LogP contribution is 2.38. The maximum absolute atomic E-state index is 6.34. The molecule has 2 rings (SSSR count). The van der Waals surface area contributed by atoms with E-state index in [1.54, 1.807) is 6.07 Å². The first kappa shape index (κ1) is 16.1. The number of hydrogen-bond donors (Lipinski definition) is 1. The van der Waals surface area contributed by atoms with Gasteiger partial charge in [-0.3, -0.25) is 4.90 Å². The molecule has 2 N–H and O–H groups in total. The van der Waals surface area contributed by atoms with Crippen molar-refractivity contribution in [1.82, 2.24) is 4.90 Å². The Hall–Kier alpha value is -0.280. The fourth-order valence-corrected chi connectivity index (χ4v) is 3.56. The second-order valence-electron chi connectivity index (χ2n) is 6.76. The molecule has 0 radical (unpaired) electrons. The van der Waals surface area contributed by atoms with E-state index in [1.807, 2.05) is 12.1 Å². The number of benzene rings is 1. The summed E-state index contributed by atoms with van der Waals surface area (Å²) in [5.74, 6) is 0.711. The lowest BCUT2D eigenvalue weighted by molar-refractivity contribution is 0.197. The zero-order valence-electron chi connectivity index (χ0n) is 12.5.